The molecule has 0 aliphatic carbocycles. The van der Waals surface area contributed by atoms with E-state index in [1.54, 1.807) is 13.1 Å². The molecule has 0 radical (unpaired) electrons. The van der Waals surface area contributed by atoms with Crippen molar-refractivity contribution in [3.63, 3.8) is 0 Å². The van der Waals surface area contributed by atoms with Gasteiger partial charge in [0.15, 0.2) is 5.13 Å². The first kappa shape index (κ1) is 18.4. The maximum absolute atomic E-state index is 12.6. The number of nitrogens with zero attached hydrogens (tertiary/aromatic N) is 1. The third-order valence-electron chi connectivity index (χ3n) is 4.43. The normalized spacial score (nSPS) is 12.2. The Morgan fingerprint density at radius 2 is 1.93 bits per heavy atom. The molecule has 6 heteroatoms. The lowest BCUT2D eigenvalue weighted by molar-refractivity contribution is 0.102. The summed E-state index contributed by atoms with van der Waals surface area (Å²) >= 11 is 1.46. The summed E-state index contributed by atoms with van der Waals surface area (Å²) in [6.45, 7) is 1.79. The number of aliphatic hydroxyl groups excluding tert-OH is 1. The zero-order valence-corrected chi connectivity index (χ0v) is 16.2. The van der Waals surface area contributed by atoms with Crippen molar-refractivity contribution in [2.24, 2.45) is 0 Å². The molecule has 0 aliphatic heterocycles. The molecule has 2 aromatic carbocycles. The molecule has 4 rings (SSSR count). The van der Waals surface area contributed by atoms with Crippen molar-refractivity contribution in [1.29, 1.82) is 0 Å². The first-order valence-electron chi connectivity index (χ1n) is 9.06. The Labute approximate surface area is 166 Å². The van der Waals surface area contributed by atoms with Gasteiger partial charge < -0.3 is 9.52 Å². The first-order chi connectivity index (χ1) is 13.6. The Balaban J connectivity index is 1.42. The summed E-state index contributed by atoms with van der Waals surface area (Å²) < 4.78 is 5.43. The smallest absolute Gasteiger partial charge is 0.261 e. The van der Waals surface area contributed by atoms with Crippen molar-refractivity contribution in [3.8, 4) is 0 Å². The number of furan rings is 1. The van der Waals surface area contributed by atoms with Crippen molar-refractivity contribution in [3.05, 3.63) is 82.6 Å². The zero-order chi connectivity index (χ0) is 19.5. The molecule has 1 atom stereocenters. The summed E-state index contributed by atoms with van der Waals surface area (Å²) in [5, 5.41) is 13.7. The summed E-state index contributed by atoms with van der Waals surface area (Å²) in [5.74, 6) is -0.228. The Kier molecular flexibility index (Phi) is 5.23. The van der Waals surface area contributed by atoms with Crippen LogP contribution in [0.4, 0.5) is 5.13 Å². The molecule has 0 saturated heterocycles. The molecule has 142 valence electrons. The van der Waals surface area contributed by atoms with Crippen LogP contribution in [0, 0.1) is 0 Å². The van der Waals surface area contributed by atoms with Crippen molar-refractivity contribution >= 4 is 33.3 Å². The topological polar surface area (TPSA) is 75.4 Å². The quantitative estimate of drug-likeness (QED) is 0.501. The second-order valence-corrected chi connectivity index (χ2v) is 7.89. The number of amides is 1. The minimum Gasteiger partial charge on any atom is -0.463 e. The van der Waals surface area contributed by atoms with Gasteiger partial charge in [0.05, 0.1) is 11.7 Å². The molecule has 2 N–H and O–H groups in total. The van der Waals surface area contributed by atoms with E-state index >= 15 is 0 Å². The summed E-state index contributed by atoms with van der Waals surface area (Å²) in [7, 11) is 0. The second-order valence-electron chi connectivity index (χ2n) is 6.78. The zero-order valence-electron chi connectivity index (χ0n) is 15.4. The Morgan fingerprint density at radius 3 is 2.71 bits per heavy atom. The Hall–Kier alpha value is -2.96. The molecule has 0 fully saturated rings. The molecule has 5 nitrogen and oxygen atoms in total. The van der Waals surface area contributed by atoms with E-state index in [-0.39, 0.29) is 12.0 Å². The summed E-state index contributed by atoms with van der Waals surface area (Å²) in [5.41, 5.74) is 3.47. The van der Waals surface area contributed by atoms with Crippen LogP contribution in [0.25, 0.3) is 11.0 Å². The van der Waals surface area contributed by atoms with Crippen molar-refractivity contribution in [1.82, 2.24) is 4.98 Å². The molecule has 0 bridgehead atoms. The number of anilines is 1. The largest absolute Gasteiger partial charge is 0.463 e. The van der Waals surface area contributed by atoms with E-state index in [0.717, 1.165) is 27.8 Å². The van der Waals surface area contributed by atoms with Gasteiger partial charge in [-0.25, -0.2) is 4.98 Å². The number of carbonyl (C=O) groups is 1. The van der Waals surface area contributed by atoms with E-state index in [1.807, 2.05) is 36.4 Å². The molecule has 1 unspecified atom stereocenters. The van der Waals surface area contributed by atoms with Gasteiger partial charge >= 0.3 is 0 Å². The number of rotatable bonds is 6. The SMILES string of the molecule is CC(O)Cc1ccc(Cc2cnc(NC(=O)c3coc4ccccc34)s2)cc1. The summed E-state index contributed by atoms with van der Waals surface area (Å²) in [4.78, 5) is 17.9. The first-order valence-corrected chi connectivity index (χ1v) is 9.88. The highest BCUT2D eigenvalue weighted by Crippen LogP contribution is 2.25. The number of hydrogen-bond donors (Lipinski definition) is 2. The summed E-state index contributed by atoms with van der Waals surface area (Å²) in [6, 6.07) is 15.6. The molecule has 2 aromatic heterocycles. The van der Waals surface area contributed by atoms with E-state index in [1.165, 1.54) is 17.6 Å². The maximum atomic E-state index is 12.6. The number of benzene rings is 2. The van der Waals surface area contributed by atoms with Crippen LogP contribution < -0.4 is 5.32 Å². The number of thiazole rings is 1. The van der Waals surface area contributed by atoms with Gasteiger partial charge in [-0.05, 0) is 30.5 Å². The molecule has 1 amide bonds. The summed E-state index contributed by atoms with van der Waals surface area (Å²) in [6.07, 6.45) is 4.32. The second kappa shape index (κ2) is 7.96. The highest BCUT2D eigenvalue weighted by atomic mass is 32.1. The van der Waals surface area contributed by atoms with Crippen LogP contribution in [0.2, 0.25) is 0 Å². The molecule has 0 saturated carbocycles. The van der Waals surface area contributed by atoms with E-state index < -0.39 is 0 Å². The molecule has 4 aromatic rings. The van der Waals surface area contributed by atoms with Crippen LogP contribution in [-0.4, -0.2) is 22.1 Å². The number of para-hydroxylation sites is 1. The van der Waals surface area contributed by atoms with Gasteiger partial charge in [0.1, 0.15) is 11.8 Å². The monoisotopic (exact) mass is 392 g/mol. The maximum Gasteiger partial charge on any atom is 0.261 e. The van der Waals surface area contributed by atoms with Gasteiger partial charge in [-0.2, -0.15) is 0 Å². The number of aromatic nitrogens is 1. The van der Waals surface area contributed by atoms with E-state index in [4.69, 9.17) is 4.42 Å². The van der Waals surface area contributed by atoms with Gasteiger partial charge in [-0.1, -0.05) is 42.5 Å². The average molecular weight is 392 g/mol. The van der Waals surface area contributed by atoms with Crippen LogP contribution in [0.15, 0.2) is 65.4 Å². The van der Waals surface area contributed by atoms with E-state index in [9.17, 15) is 9.90 Å². The van der Waals surface area contributed by atoms with Crippen LogP contribution in [0.5, 0.6) is 0 Å². The van der Waals surface area contributed by atoms with Crippen molar-refractivity contribution in [2.75, 3.05) is 5.32 Å². The Bertz CT molecular complexity index is 1100. The number of fused-ring (bicyclic) bond motifs is 1. The average Bonchev–Trinajstić information content (AvgIpc) is 3.29. The highest BCUT2D eigenvalue weighted by molar-refractivity contribution is 7.15. The predicted molar refractivity (Wildman–Crippen MR) is 111 cm³/mol. The molecule has 2 heterocycles. The van der Waals surface area contributed by atoms with Crippen LogP contribution in [0.3, 0.4) is 0 Å². The number of carbonyl (C=O) groups excluding carboxylic acids is 1. The lowest BCUT2D eigenvalue weighted by Crippen LogP contribution is -2.10. The van der Waals surface area contributed by atoms with Gasteiger partial charge in [-0.3, -0.25) is 10.1 Å². The number of hydrogen-bond acceptors (Lipinski definition) is 5. The Morgan fingerprint density at radius 1 is 1.18 bits per heavy atom. The lowest BCUT2D eigenvalue weighted by Gasteiger charge is -2.05. The van der Waals surface area contributed by atoms with Gasteiger partial charge in [0.2, 0.25) is 0 Å². The van der Waals surface area contributed by atoms with E-state index in [2.05, 4.69) is 22.4 Å². The third-order valence-corrected chi connectivity index (χ3v) is 5.34. The van der Waals surface area contributed by atoms with Gasteiger partial charge in [-0.15, -0.1) is 11.3 Å². The fraction of sp³-hybridized carbons (Fsp3) is 0.182. The van der Waals surface area contributed by atoms with Crippen molar-refractivity contribution in [2.45, 2.75) is 25.9 Å². The molecule has 28 heavy (non-hydrogen) atoms. The van der Waals surface area contributed by atoms with Crippen LogP contribution in [-0.2, 0) is 12.8 Å². The standard InChI is InChI=1S/C22H20N2O3S/c1-14(25)10-15-6-8-16(9-7-15)11-17-12-23-22(28-17)24-21(26)19-13-27-20-5-3-2-4-18(19)20/h2-9,12-14,25H,10-11H2,1H3,(H,23,24,26). The number of nitrogens with one attached hydrogen (secondary N) is 1. The van der Waals surface area contributed by atoms with Gasteiger partial charge in [0, 0.05) is 22.9 Å². The number of aliphatic hydroxyl groups is 1. The highest BCUT2D eigenvalue weighted by Gasteiger charge is 2.15. The van der Waals surface area contributed by atoms with Crippen LogP contribution >= 0.6 is 11.3 Å². The van der Waals surface area contributed by atoms with Crippen LogP contribution in [0.1, 0.15) is 33.3 Å². The van der Waals surface area contributed by atoms with Crippen molar-refractivity contribution < 1.29 is 14.3 Å². The molecular weight excluding hydrogens is 372 g/mol. The predicted octanol–water partition coefficient (Wildman–Crippen LogP) is 4.66. The molecular formula is C22H20N2O3S. The minimum absolute atomic E-state index is 0.228. The minimum atomic E-state index is -0.342. The molecule has 0 aliphatic rings. The van der Waals surface area contributed by atoms with E-state index in [0.29, 0.717) is 22.7 Å². The van der Waals surface area contributed by atoms with Gasteiger partial charge in [0.25, 0.3) is 5.91 Å². The fourth-order valence-corrected chi connectivity index (χ4v) is 3.94. The third kappa shape index (κ3) is 4.13. The fourth-order valence-electron chi connectivity index (χ4n) is 3.10. The lowest BCUT2D eigenvalue weighted by atomic mass is 10.0. The molecule has 0 spiro atoms.